The molecule has 0 radical (unpaired) electrons. The first-order chi connectivity index (χ1) is 10.2. The molecule has 0 amide bonds. The van der Waals surface area contributed by atoms with E-state index in [1.165, 1.54) is 0 Å². The summed E-state index contributed by atoms with van der Waals surface area (Å²) in [4.78, 5) is 7.95. The number of aromatic amines is 1. The molecule has 0 spiro atoms. The van der Waals surface area contributed by atoms with E-state index in [0.717, 1.165) is 6.20 Å². The molecule has 3 rings (SSSR count). The summed E-state index contributed by atoms with van der Waals surface area (Å²) in [6.07, 6.45) is 4.30. The molecule has 6 nitrogen and oxygen atoms in total. The molecule has 0 saturated heterocycles. The summed E-state index contributed by atoms with van der Waals surface area (Å²) in [7, 11) is 0. The van der Waals surface area contributed by atoms with Crippen LogP contribution < -0.4 is 10.6 Å². The van der Waals surface area contributed by atoms with Crippen LogP contribution in [-0.2, 0) is 0 Å². The fourth-order valence-electron chi connectivity index (χ4n) is 1.63. The van der Waals surface area contributed by atoms with Gasteiger partial charge in [-0.2, -0.15) is 10.1 Å². The van der Waals surface area contributed by atoms with Crippen molar-refractivity contribution in [1.29, 1.82) is 0 Å². The van der Waals surface area contributed by atoms with E-state index in [2.05, 4.69) is 30.8 Å². The van der Waals surface area contributed by atoms with Crippen molar-refractivity contribution in [3.05, 3.63) is 53.7 Å². The number of anilines is 4. The van der Waals surface area contributed by atoms with E-state index < -0.39 is 5.82 Å². The molecule has 0 aliphatic heterocycles. The van der Waals surface area contributed by atoms with E-state index in [1.807, 2.05) is 0 Å². The molecule has 0 unspecified atom stereocenters. The number of rotatable bonds is 4. The maximum Gasteiger partial charge on any atom is 0.229 e. The van der Waals surface area contributed by atoms with Crippen molar-refractivity contribution in [1.82, 2.24) is 20.2 Å². The van der Waals surface area contributed by atoms with Crippen LogP contribution in [0.1, 0.15) is 0 Å². The Hall–Kier alpha value is -2.67. The number of aromatic nitrogens is 4. The second kappa shape index (κ2) is 5.76. The van der Waals surface area contributed by atoms with Crippen molar-refractivity contribution in [2.45, 2.75) is 0 Å². The van der Waals surface area contributed by atoms with Crippen LogP contribution in [0, 0.1) is 5.82 Å². The van der Waals surface area contributed by atoms with Gasteiger partial charge in [0, 0.05) is 16.9 Å². The van der Waals surface area contributed by atoms with Crippen molar-refractivity contribution in [3.8, 4) is 0 Å². The van der Waals surface area contributed by atoms with E-state index in [0.29, 0.717) is 16.4 Å². The van der Waals surface area contributed by atoms with Gasteiger partial charge < -0.3 is 10.6 Å². The van der Waals surface area contributed by atoms with Crippen molar-refractivity contribution in [2.24, 2.45) is 0 Å². The summed E-state index contributed by atoms with van der Waals surface area (Å²) in [6, 6.07) is 6.86. The Morgan fingerprint density at radius 1 is 1.05 bits per heavy atom. The molecule has 2 heterocycles. The van der Waals surface area contributed by atoms with Gasteiger partial charge in [-0.1, -0.05) is 11.6 Å². The van der Waals surface area contributed by atoms with Crippen molar-refractivity contribution >= 4 is 34.7 Å². The number of nitrogens with zero attached hydrogens (tertiary/aromatic N) is 3. The van der Waals surface area contributed by atoms with Crippen LogP contribution in [0.3, 0.4) is 0 Å². The van der Waals surface area contributed by atoms with E-state index in [4.69, 9.17) is 11.6 Å². The first-order valence-electron chi connectivity index (χ1n) is 6.01. The predicted octanol–water partition coefficient (Wildman–Crippen LogP) is 3.48. The standard InChI is InChI=1S/C13H10ClFN6/c14-8-1-3-9(4-2-8)19-12-11(15)7-16-13(21-12)20-10-5-17-18-6-10/h1-7H,(H,17,18)(H2,16,19,20,21). The van der Waals surface area contributed by atoms with Gasteiger partial charge in [0.1, 0.15) is 0 Å². The summed E-state index contributed by atoms with van der Waals surface area (Å²) in [5.74, 6) is -0.227. The second-order valence-corrected chi connectivity index (χ2v) is 4.57. The molecule has 0 atom stereocenters. The molecule has 21 heavy (non-hydrogen) atoms. The van der Waals surface area contributed by atoms with Crippen LogP contribution in [0.4, 0.5) is 27.5 Å². The first-order valence-corrected chi connectivity index (χ1v) is 6.39. The first kappa shape index (κ1) is 13.3. The number of benzene rings is 1. The Morgan fingerprint density at radius 2 is 1.86 bits per heavy atom. The third-order valence-corrected chi connectivity index (χ3v) is 2.86. The summed E-state index contributed by atoms with van der Waals surface area (Å²) < 4.78 is 13.8. The zero-order valence-corrected chi connectivity index (χ0v) is 11.4. The molecule has 0 aliphatic carbocycles. The summed E-state index contributed by atoms with van der Waals surface area (Å²) in [5, 5.41) is 12.8. The van der Waals surface area contributed by atoms with Crippen LogP contribution in [-0.4, -0.2) is 20.2 Å². The van der Waals surface area contributed by atoms with E-state index in [9.17, 15) is 4.39 Å². The van der Waals surface area contributed by atoms with Crippen molar-refractivity contribution in [2.75, 3.05) is 10.6 Å². The van der Waals surface area contributed by atoms with Gasteiger partial charge in [0.15, 0.2) is 11.6 Å². The van der Waals surface area contributed by atoms with Gasteiger partial charge in [0.05, 0.1) is 18.1 Å². The van der Waals surface area contributed by atoms with Gasteiger partial charge in [-0.15, -0.1) is 0 Å². The van der Waals surface area contributed by atoms with Gasteiger partial charge in [-0.3, -0.25) is 5.10 Å². The zero-order valence-electron chi connectivity index (χ0n) is 10.6. The van der Waals surface area contributed by atoms with Gasteiger partial charge in [0.2, 0.25) is 5.95 Å². The van der Waals surface area contributed by atoms with E-state index in [-0.39, 0.29) is 11.8 Å². The Balaban J connectivity index is 1.82. The maximum atomic E-state index is 13.8. The SMILES string of the molecule is Fc1cnc(Nc2cn[nH]c2)nc1Nc1ccc(Cl)cc1. The minimum absolute atomic E-state index is 0.0679. The van der Waals surface area contributed by atoms with Crippen LogP contribution in [0.5, 0.6) is 0 Å². The van der Waals surface area contributed by atoms with Crippen LogP contribution >= 0.6 is 11.6 Å². The minimum Gasteiger partial charge on any atom is -0.338 e. The number of H-pyrrole nitrogens is 1. The lowest BCUT2D eigenvalue weighted by molar-refractivity contribution is 0.619. The molecule has 0 aliphatic rings. The summed E-state index contributed by atoms with van der Waals surface area (Å²) in [5.41, 5.74) is 1.35. The van der Waals surface area contributed by atoms with Crippen LogP contribution in [0.2, 0.25) is 5.02 Å². The predicted molar refractivity (Wildman–Crippen MR) is 78.6 cm³/mol. The van der Waals surface area contributed by atoms with E-state index >= 15 is 0 Å². The molecule has 0 fully saturated rings. The van der Waals surface area contributed by atoms with Gasteiger partial charge in [-0.05, 0) is 24.3 Å². The zero-order chi connectivity index (χ0) is 14.7. The minimum atomic E-state index is -0.553. The Labute approximate surface area is 124 Å². The highest BCUT2D eigenvalue weighted by Gasteiger charge is 2.08. The highest BCUT2D eigenvalue weighted by atomic mass is 35.5. The van der Waals surface area contributed by atoms with Crippen molar-refractivity contribution in [3.63, 3.8) is 0 Å². The third kappa shape index (κ3) is 3.26. The lowest BCUT2D eigenvalue weighted by Crippen LogP contribution is -2.02. The number of hydrogen-bond acceptors (Lipinski definition) is 5. The number of halogens is 2. The molecular weight excluding hydrogens is 295 g/mol. The van der Waals surface area contributed by atoms with Crippen LogP contribution in [0.25, 0.3) is 0 Å². The lowest BCUT2D eigenvalue weighted by Gasteiger charge is -2.08. The summed E-state index contributed by atoms with van der Waals surface area (Å²) >= 11 is 5.80. The number of nitrogens with one attached hydrogen (secondary N) is 3. The number of hydrogen-bond donors (Lipinski definition) is 3. The molecule has 3 aromatic rings. The molecule has 0 saturated carbocycles. The maximum absolute atomic E-state index is 13.8. The van der Waals surface area contributed by atoms with Gasteiger partial charge in [0.25, 0.3) is 0 Å². The average molecular weight is 305 g/mol. The molecule has 3 N–H and O–H groups in total. The fourth-order valence-corrected chi connectivity index (χ4v) is 1.76. The molecule has 8 heteroatoms. The Kier molecular flexibility index (Phi) is 3.65. The second-order valence-electron chi connectivity index (χ2n) is 4.13. The molecule has 106 valence electrons. The monoisotopic (exact) mass is 304 g/mol. The quantitative estimate of drug-likeness (QED) is 0.688. The van der Waals surface area contributed by atoms with E-state index in [1.54, 1.807) is 36.7 Å². The normalized spacial score (nSPS) is 10.4. The summed E-state index contributed by atoms with van der Waals surface area (Å²) in [6.45, 7) is 0. The Morgan fingerprint density at radius 3 is 2.57 bits per heavy atom. The third-order valence-electron chi connectivity index (χ3n) is 2.61. The largest absolute Gasteiger partial charge is 0.338 e. The van der Waals surface area contributed by atoms with Gasteiger partial charge >= 0.3 is 0 Å². The average Bonchev–Trinajstić information content (AvgIpc) is 2.98. The van der Waals surface area contributed by atoms with Gasteiger partial charge in [-0.25, -0.2) is 9.37 Å². The molecule has 2 aromatic heterocycles. The van der Waals surface area contributed by atoms with Crippen molar-refractivity contribution < 1.29 is 4.39 Å². The molecule has 0 bridgehead atoms. The highest BCUT2D eigenvalue weighted by Crippen LogP contribution is 2.21. The lowest BCUT2D eigenvalue weighted by atomic mass is 10.3. The fraction of sp³-hybridized carbons (Fsp3) is 0. The topological polar surface area (TPSA) is 78.5 Å². The Bertz CT molecular complexity index is 729. The highest BCUT2D eigenvalue weighted by molar-refractivity contribution is 6.30. The molecule has 1 aromatic carbocycles. The smallest absolute Gasteiger partial charge is 0.229 e. The van der Waals surface area contributed by atoms with Crippen LogP contribution in [0.15, 0.2) is 42.9 Å². The molecular formula is C13H10ClFN6.